The van der Waals surface area contributed by atoms with Gasteiger partial charge in [-0.3, -0.25) is 9.36 Å². The fourth-order valence-corrected chi connectivity index (χ4v) is 4.16. The maximum absolute atomic E-state index is 13.3. The van der Waals surface area contributed by atoms with Crippen molar-refractivity contribution in [3.05, 3.63) is 102 Å². The number of hydrogen-bond donors (Lipinski definition) is 0. The number of benzene rings is 3. The Morgan fingerprint density at radius 3 is 2.31 bits per heavy atom. The first-order valence-electron chi connectivity index (χ1n) is 9.12. The molecular formula is C23H19N3O2S. The quantitative estimate of drug-likeness (QED) is 0.322. The summed E-state index contributed by atoms with van der Waals surface area (Å²) in [5, 5.41) is 8.53. The first-order valence-corrected chi connectivity index (χ1v) is 10.00. The minimum atomic E-state index is -0.448. The van der Waals surface area contributed by atoms with Gasteiger partial charge in [0.25, 0.3) is 0 Å². The Bertz CT molecular complexity index is 1100. The summed E-state index contributed by atoms with van der Waals surface area (Å²) in [7, 11) is 1.63. The van der Waals surface area contributed by atoms with Gasteiger partial charge in [-0.05, 0) is 17.7 Å². The van der Waals surface area contributed by atoms with Crippen LogP contribution in [0.5, 0.6) is 5.75 Å². The van der Waals surface area contributed by atoms with Crippen LogP contribution in [0.15, 0.2) is 96.4 Å². The number of nitrogens with zero attached hydrogens (tertiary/aromatic N) is 3. The van der Waals surface area contributed by atoms with Crippen molar-refractivity contribution in [3.8, 4) is 11.4 Å². The number of ketones is 1. The summed E-state index contributed by atoms with van der Waals surface area (Å²) in [5.74, 6) is 0.733. The fraction of sp³-hybridized carbons (Fsp3) is 0.0870. The Hall–Kier alpha value is -3.38. The van der Waals surface area contributed by atoms with Gasteiger partial charge in [0.05, 0.1) is 12.8 Å². The van der Waals surface area contributed by atoms with Crippen LogP contribution in [0.4, 0.5) is 0 Å². The summed E-state index contributed by atoms with van der Waals surface area (Å²) < 4.78 is 7.32. The number of methoxy groups -OCH3 is 1. The molecule has 4 rings (SSSR count). The van der Waals surface area contributed by atoms with Gasteiger partial charge in [-0.25, -0.2) is 0 Å². The maximum Gasteiger partial charge on any atom is 0.196 e. The molecule has 0 saturated carbocycles. The summed E-state index contributed by atoms with van der Waals surface area (Å²) in [5.41, 5.74) is 2.40. The maximum atomic E-state index is 13.3. The SMILES string of the molecule is COc1ccccc1-n1cnnc1S[C@@H](C(=O)c1ccccc1)c1ccccc1. The van der Waals surface area contributed by atoms with E-state index in [1.807, 2.05) is 89.5 Å². The number of aromatic nitrogens is 3. The highest BCUT2D eigenvalue weighted by molar-refractivity contribution is 8.00. The van der Waals surface area contributed by atoms with Crippen molar-refractivity contribution in [2.75, 3.05) is 7.11 Å². The van der Waals surface area contributed by atoms with Crippen molar-refractivity contribution in [2.45, 2.75) is 10.4 Å². The van der Waals surface area contributed by atoms with E-state index in [0.717, 1.165) is 11.3 Å². The van der Waals surface area contributed by atoms with Crippen LogP contribution < -0.4 is 4.74 Å². The van der Waals surface area contributed by atoms with Crippen LogP contribution in [0.25, 0.3) is 5.69 Å². The molecule has 29 heavy (non-hydrogen) atoms. The van der Waals surface area contributed by atoms with Crippen molar-refractivity contribution in [3.63, 3.8) is 0 Å². The van der Waals surface area contributed by atoms with Crippen molar-refractivity contribution < 1.29 is 9.53 Å². The van der Waals surface area contributed by atoms with E-state index in [1.165, 1.54) is 11.8 Å². The molecule has 0 aliphatic heterocycles. The lowest BCUT2D eigenvalue weighted by Crippen LogP contribution is -2.11. The highest BCUT2D eigenvalue weighted by Gasteiger charge is 2.26. The van der Waals surface area contributed by atoms with Gasteiger partial charge in [0.2, 0.25) is 0 Å². The number of Topliss-reactive ketones (excluding diaryl/α,β-unsaturated/α-hetero) is 1. The molecule has 0 aliphatic carbocycles. The molecule has 0 N–H and O–H groups in total. The van der Waals surface area contributed by atoms with Crippen LogP contribution >= 0.6 is 11.8 Å². The van der Waals surface area contributed by atoms with Crippen LogP contribution in [0.3, 0.4) is 0 Å². The number of thioether (sulfide) groups is 1. The van der Waals surface area contributed by atoms with Crippen LogP contribution in [-0.4, -0.2) is 27.7 Å². The normalized spacial score (nSPS) is 11.8. The molecule has 5 nitrogen and oxygen atoms in total. The molecule has 4 aromatic rings. The first kappa shape index (κ1) is 19.0. The molecule has 0 radical (unpaired) electrons. The number of hydrogen-bond acceptors (Lipinski definition) is 5. The predicted octanol–water partition coefficient (Wildman–Crippen LogP) is 4.99. The van der Waals surface area contributed by atoms with Crippen LogP contribution in [-0.2, 0) is 0 Å². The third-order valence-corrected chi connectivity index (χ3v) is 5.69. The second-order valence-electron chi connectivity index (χ2n) is 6.29. The van der Waals surface area contributed by atoms with Crippen LogP contribution in [0.2, 0.25) is 0 Å². The average molecular weight is 401 g/mol. The van der Waals surface area contributed by atoms with Gasteiger partial charge in [0.15, 0.2) is 10.9 Å². The zero-order valence-electron chi connectivity index (χ0n) is 15.8. The Kier molecular flexibility index (Phi) is 5.72. The molecule has 3 aromatic carbocycles. The molecule has 0 bridgehead atoms. The van der Waals surface area contributed by atoms with E-state index < -0.39 is 5.25 Å². The van der Waals surface area contributed by atoms with E-state index in [9.17, 15) is 4.79 Å². The smallest absolute Gasteiger partial charge is 0.196 e. The standard InChI is InChI=1S/C23H19N3O2S/c1-28-20-15-9-8-14-19(20)26-16-24-25-23(26)29-22(18-12-6-3-7-13-18)21(27)17-10-4-2-5-11-17/h2-16,22H,1H3/t22-/m1/s1. The minimum absolute atomic E-state index is 0.0244. The van der Waals surface area contributed by atoms with Crippen molar-refractivity contribution in [2.24, 2.45) is 0 Å². The van der Waals surface area contributed by atoms with Gasteiger partial charge >= 0.3 is 0 Å². The monoisotopic (exact) mass is 401 g/mol. The molecule has 1 atom stereocenters. The molecule has 0 fully saturated rings. The molecule has 0 amide bonds. The summed E-state index contributed by atoms with van der Waals surface area (Å²) in [4.78, 5) is 13.3. The van der Waals surface area contributed by atoms with E-state index in [0.29, 0.717) is 16.5 Å². The van der Waals surface area contributed by atoms with Gasteiger partial charge in [0, 0.05) is 5.56 Å². The van der Waals surface area contributed by atoms with Crippen LogP contribution in [0, 0.1) is 0 Å². The van der Waals surface area contributed by atoms with E-state index in [4.69, 9.17) is 4.74 Å². The van der Waals surface area contributed by atoms with Gasteiger partial charge in [0.1, 0.15) is 17.3 Å². The summed E-state index contributed by atoms with van der Waals surface area (Å²) in [6.07, 6.45) is 1.63. The Labute approximate surface area is 173 Å². The molecule has 1 heterocycles. The second kappa shape index (κ2) is 8.75. The van der Waals surface area contributed by atoms with E-state index in [-0.39, 0.29) is 5.78 Å². The molecule has 0 spiro atoms. The Balaban J connectivity index is 1.73. The van der Waals surface area contributed by atoms with E-state index in [1.54, 1.807) is 13.4 Å². The van der Waals surface area contributed by atoms with Gasteiger partial charge in [-0.1, -0.05) is 84.6 Å². The fourth-order valence-electron chi connectivity index (χ4n) is 3.06. The lowest BCUT2D eigenvalue weighted by Gasteiger charge is -2.17. The lowest BCUT2D eigenvalue weighted by atomic mass is 10.0. The number of carbonyl (C=O) groups excluding carboxylic acids is 1. The Morgan fingerprint density at radius 1 is 0.931 bits per heavy atom. The second-order valence-corrected chi connectivity index (χ2v) is 7.37. The predicted molar refractivity (Wildman–Crippen MR) is 114 cm³/mol. The summed E-state index contributed by atoms with van der Waals surface area (Å²) in [6, 6.07) is 26.7. The van der Waals surface area contributed by atoms with Gasteiger partial charge < -0.3 is 4.74 Å². The van der Waals surface area contributed by atoms with Gasteiger partial charge in [-0.15, -0.1) is 10.2 Å². The molecular weight excluding hydrogens is 382 g/mol. The third kappa shape index (κ3) is 4.07. The van der Waals surface area contributed by atoms with E-state index in [2.05, 4.69) is 10.2 Å². The van der Waals surface area contributed by atoms with E-state index >= 15 is 0 Å². The largest absolute Gasteiger partial charge is 0.495 e. The van der Waals surface area contributed by atoms with Gasteiger partial charge in [-0.2, -0.15) is 0 Å². The molecule has 144 valence electrons. The van der Waals surface area contributed by atoms with Crippen molar-refractivity contribution >= 4 is 17.5 Å². The lowest BCUT2D eigenvalue weighted by molar-refractivity contribution is 0.0989. The average Bonchev–Trinajstić information content (AvgIpc) is 3.26. The summed E-state index contributed by atoms with van der Waals surface area (Å²) in [6.45, 7) is 0. The third-order valence-electron chi connectivity index (χ3n) is 4.48. The topological polar surface area (TPSA) is 57.0 Å². The molecule has 0 saturated heterocycles. The van der Waals surface area contributed by atoms with Crippen LogP contribution in [0.1, 0.15) is 21.2 Å². The zero-order valence-corrected chi connectivity index (χ0v) is 16.6. The van der Waals surface area contributed by atoms with Crippen molar-refractivity contribution in [1.82, 2.24) is 14.8 Å². The first-order chi connectivity index (χ1) is 14.3. The zero-order chi connectivity index (χ0) is 20.1. The molecule has 6 heteroatoms. The molecule has 0 aliphatic rings. The minimum Gasteiger partial charge on any atom is -0.495 e. The summed E-state index contributed by atoms with van der Waals surface area (Å²) >= 11 is 1.38. The number of para-hydroxylation sites is 2. The number of carbonyl (C=O) groups is 1. The van der Waals surface area contributed by atoms with Crippen molar-refractivity contribution in [1.29, 1.82) is 0 Å². The number of ether oxygens (including phenoxy) is 1. The Morgan fingerprint density at radius 2 is 1.59 bits per heavy atom. The highest BCUT2D eigenvalue weighted by Crippen LogP contribution is 2.38. The molecule has 1 aromatic heterocycles. The highest BCUT2D eigenvalue weighted by atomic mass is 32.2. The molecule has 0 unspecified atom stereocenters. The number of rotatable bonds is 7.